The third-order valence-electron chi connectivity index (χ3n) is 3.08. The molecule has 1 N–H and O–H groups in total. The van der Waals surface area contributed by atoms with E-state index in [-0.39, 0.29) is 11.9 Å². The molecule has 0 aliphatic heterocycles. The molecule has 0 bridgehead atoms. The van der Waals surface area contributed by atoms with Gasteiger partial charge in [-0.15, -0.1) is 0 Å². The van der Waals surface area contributed by atoms with E-state index in [4.69, 9.17) is 0 Å². The number of unbranched alkanes of at least 4 members (excludes halogenated alkanes) is 1. The van der Waals surface area contributed by atoms with Crippen molar-refractivity contribution in [2.24, 2.45) is 0 Å². The van der Waals surface area contributed by atoms with Crippen LogP contribution in [0.25, 0.3) is 0 Å². The molecule has 2 heteroatoms. The third-order valence-corrected chi connectivity index (χ3v) is 3.08. The normalized spacial score (nSPS) is 12.7. The van der Waals surface area contributed by atoms with Gasteiger partial charge in [0.15, 0.2) is 0 Å². The van der Waals surface area contributed by atoms with Gasteiger partial charge < -0.3 is 5.32 Å². The highest BCUT2D eigenvalue weighted by Gasteiger charge is 2.15. The van der Waals surface area contributed by atoms with Crippen molar-refractivity contribution in [3.8, 4) is 0 Å². The summed E-state index contributed by atoms with van der Waals surface area (Å²) in [5.74, 6) is -0.0443. The molecule has 0 spiro atoms. The van der Waals surface area contributed by atoms with Crippen LogP contribution in [0.5, 0.6) is 0 Å². The lowest BCUT2D eigenvalue weighted by atomic mass is 9.98. The predicted octanol–water partition coefficient (Wildman–Crippen LogP) is 4.37. The Morgan fingerprint density at radius 1 is 1.24 bits per heavy atom. The number of benzene rings is 1. The van der Waals surface area contributed by atoms with E-state index in [2.05, 4.69) is 19.2 Å². The molecule has 0 radical (unpaired) electrons. The molecule has 17 heavy (non-hydrogen) atoms. The Hall–Kier alpha value is -0.890. The lowest BCUT2D eigenvalue weighted by Crippen LogP contribution is -2.23. The van der Waals surface area contributed by atoms with Crippen molar-refractivity contribution in [2.45, 2.75) is 52.5 Å². The first kappa shape index (κ1) is 14.2. The fourth-order valence-electron chi connectivity index (χ4n) is 2.03. The van der Waals surface area contributed by atoms with Gasteiger partial charge in [0, 0.05) is 11.6 Å². The molecule has 96 valence electrons. The topological polar surface area (TPSA) is 12.0 Å². The highest BCUT2D eigenvalue weighted by molar-refractivity contribution is 5.27. The standard InChI is InChI=1S/C15H24FN/c1-4-6-10-14(17-11-5-2)13-9-7-8-12(3)15(13)16/h7-9,14,17H,4-6,10-11H2,1-3H3. The summed E-state index contributed by atoms with van der Waals surface area (Å²) >= 11 is 0. The van der Waals surface area contributed by atoms with Crippen molar-refractivity contribution >= 4 is 0 Å². The van der Waals surface area contributed by atoms with E-state index in [1.54, 1.807) is 0 Å². The fourth-order valence-corrected chi connectivity index (χ4v) is 2.03. The van der Waals surface area contributed by atoms with Crippen LogP contribution in [0.15, 0.2) is 18.2 Å². The SMILES string of the molecule is CCCCC(NCCC)c1cccc(C)c1F. The van der Waals surface area contributed by atoms with E-state index >= 15 is 0 Å². The van der Waals surface area contributed by atoms with Crippen LogP contribution in [0.3, 0.4) is 0 Å². The summed E-state index contributed by atoms with van der Waals surface area (Å²) in [5, 5.41) is 3.45. The molecule has 0 aromatic heterocycles. The van der Waals surface area contributed by atoms with Crippen molar-refractivity contribution in [1.82, 2.24) is 5.32 Å². The first-order chi connectivity index (χ1) is 8.20. The molecule has 0 fully saturated rings. The number of nitrogens with one attached hydrogen (secondary N) is 1. The molecule has 0 saturated carbocycles. The van der Waals surface area contributed by atoms with Crippen LogP contribution in [0, 0.1) is 12.7 Å². The van der Waals surface area contributed by atoms with Gasteiger partial charge in [-0.05, 0) is 31.9 Å². The zero-order valence-corrected chi connectivity index (χ0v) is 11.2. The molecule has 1 aromatic carbocycles. The average Bonchev–Trinajstić information content (AvgIpc) is 2.34. The zero-order valence-electron chi connectivity index (χ0n) is 11.2. The molecule has 0 amide bonds. The third kappa shape index (κ3) is 4.12. The Morgan fingerprint density at radius 2 is 2.00 bits per heavy atom. The van der Waals surface area contributed by atoms with E-state index in [1.807, 2.05) is 25.1 Å². The number of aryl methyl sites for hydroxylation is 1. The number of rotatable bonds is 7. The van der Waals surface area contributed by atoms with Gasteiger partial charge in [0.2, 0.25) is 0 Å². The van der Waals surface area contributed by atoms with E-state index in [9.17, 15) is 4.39 Å². The highest BCUT2D eigenvalue weighted by atomic mass is 19.1. The number of hydrogen-bond donors (Lipinski definition) is 1. The van der Waals surface area contributed by atoms with Crippen molar-refractivity contribution in [1.29, 1.82) is 0 Å². The van der Waals surface area contributed by atoms with Gasteiger partial charge in [-0.2, -0.15) is 0 Å². The van der Waals surface area contributed by atoms with Gasteiger partial charge in [0.1, 0.15) is 5.82 Å². The molecule has 1 nitrogen and oxygen atoms in total. The summed E-state index contributed by atoms with van der Waals surface area (Å²) in [6.07, 6.45) is 4.37. The minimum absolute atomic E-state index is 0.0443. The van der Waals surface area contributed by atoms with Gasteiger partial charge in [0.25, 0.3) is 0 Å². The molecule has 1 aromatic rings. The zero-order chi connectivity index (χ0) is 12.7. The summed E-state index contributed by atoms with van der Waals surface area (Å²) in [7, 11) is 0. The molecule has 0 aliphatic rings. The molecular weight excluding hydrogens is 213 g/mol. The van der Waals surface area contributed by atoms with Crippen molar-refractivity contribution in [3.05, 3.63) is 35.1 Å². The lowest BCUT2D eigenvalue weighted by molar-refractivity contribution is 0.458. The second-order valence-corrected chi connectivity index (χ2v) is 4.63. The van der Waals surface area contributed by atoms with Gasteiger partial charge in [-0.3, -0.25) is 0 Å². The van der Waals surface area contributed by atoms with E-state index in [0.717, 1.165) is 43.4 Å². The minimum atomic E-state index is -0.0443. The summed E-state index contributed by atoms with van der Waals surface area (Å²) in [6, 6.07) is 5.84. The van der Waals surface area contributed by atoms with Crippen molar-refractivity contribution in [3.63, 3.8) is 0 Å². The number of halogens is 1. The van der Waals surface area contributed by atoms with E-state index in [0.29, 0.717) is 0 Å². The summed E-state index contributed by atoms with van der Waals surface area (Å²) in [6.45, 7) is 7.08. The van der Waals surface area contributed by atoms with Crippen LogP contribution in [-0.4, -0.2) is 6.54 Å². The fraction of sp³-hybridized carbons (Fsp3) is 0.600. The maximum absolute atomic E-state index is 14.1. The maximum Gasteiger partial charge on any atom is 0.130 e. The Balaban J connectivity index is 2.83. The van der Waals surface area contributed by atoms with Crippen LogP contribution < -0.4 is 5.32 Å². The van der Waals surface area contributed by atoms with Crippen LogP contribution in [0.4, 0.5) is 4.39 Å². The predicted molar refractivity (Wildman–Crippen MR) is 71.7 cm³/mol. The Bertz CT molecular complexity index is 328. The Kier molecular flexibility index (Phi) is 6.20. The summed E-state index contributed by atoms with van der Waals surface area (Å²) < 4.78 is 14.1. The molecule has 0 saturated heterocycles. The first-order valence-corrected chi connectivity index (χ1v) is 6.69. The summed E-state index contributed by atoms with van der Waals surface area (Å²) in [4.78, 5) is 0. The summed E-state index contributed by atoms with van der Waals surface area (Å²) in [5.41, 5.74) is 1.56. The Labute approximate surface area is 104 Å². The second kappa shape index (κ2) is 7.44. The van der Waals surface area contributed by atoms with Crippen LogP contribution in [0.2, 0.25) is 0 Å². The maximum atomic E-state index is 14.1. The molecule has 0 heterocycles. The highest BCUT2D eigenvalue weighted by Crippen LogP contribution is 2.24. The van der Waals surface area contributed by atoms with Crippen LogP contribution in [-0.2, 0) is 0 Å². The van der Waals surface area contributed by atoms with Gasteiger partial charge >= 0.3 is 0 Å². The average molecular weight is 237 g/mol. The number of hydrogen-bond acceptors (Lipinski definition) is 1. The molecular formula is C15H24FN. The van der Waals surface area contributed by atoms with Gasteiger partial charge in [-0.1, -0.05) is 44.9 Å². The second-order valence-electron chi connectivity index (χ2n) is 4.63. The first-order valence-electron chi connectivity index (χ1n) is 6.69. The molecule has 0 aliphatic carbocycles. The monoisotopic (exact) mass is 237 g/mol. The minimum Gasteiger partial charge on any atom is -0.310 e. The van der Waals surface area contributed by atoms with E-state index in [1.165, 1.54) is 0 Å². The van der Waals surface area contributed by atoms with Gasteiger partial charge in [0.05, 0.1) is 0 Å². The molecule has 1 rings (SSSR count). The van der Waals surface area contributed by atoms with Crippen LogP contribution >= 0.6 is 0 Å². The Morgan fingerprint density at radius 3 is 2.65 bits per heavy atom. The van der Waals surface area contributed by atoms with E-state index < -0.39 is 0 Å². The molecule has 1 unspecified atom stereocenters. The van der Waals surface area contributed by atoms with Crippen molar-refractivity contribution in [2.75, 3.05) is 6.54 Å². The lowest BCUT2D eigenvalue weighted by Gasteiger charge is -2.20. The van der Waals surface area contributed by atoms with Gasteiger partial charge in [-0.25, -0.2) is 4.39 Å². The smallest absolute Gasteiger partial charge is 0.130 e. The largest absolute Gasteiger partial charge is 0.310 e. The molecule has 1 atom stereocenters. The quantitative estimate of drug-likeness (QED) is 0.742. The van der Waals surface area contributed by atoms with Crippen LogP contribution in [0.1, 0.15) is 56.7 Å². The van der Waals surface area contributed by atoms with Crippen molar-refractivity contribution < 1.29 is 4.39 Å².